The van der Waals surface area contributed by atoms with Gasteiger partial charge in [-0.25, -0.2) is 4.98 Å². The van der Waals surface area contributed by atoms with Crippen molar-refractivity contribution in [3.8, 4) is 0 Å². The van der Waals surface area contributed by atoms with Crippen molar-refractivity contribution in [2.75, 3.05) is 22.9 Å². The molecule has 4 nitrogen and oxygen atoms in total. The summed E-state index contributed by atoms with van der Waals surface area (Å²) in [7, 11) is 0. The maximum atomic E-state index is 12.6. The van der Waals surface area contributed by atoms with Crippen molar-refractivity contribution in [1.82, 2.24) is 4.98 Å². The Morgan fingerprint density at radius 3 is 2.95 bits per heavy atom. The van der Waals surface area contributed by atoms with Crippen LogP contribution in [0.15, 0.2) is 18.3 Å². The summed E-state index contributed by atoms with van der Waals surface area (Å²) < 4.78 is 0. The Bertz CT molecular complexity index is 512. The van der Waals surface area contributed by atoms with E-state index in [2.05, 4.69) is 9.88 Å². The van der Waals surface area contributed by atoms with E-state index in [0.29, 0.717) is 11.9 Å². The van der Waals surface area contributed by atoms with Crippen LogP contribution < -0.4 is 9.80 Å². The van der Waals surface area contributed by atoms with Crippen LogP contribution in [0.1, 0.15) is 32.1 Å². The Kier molecular flexibility index (Phi) is 2.50. The summed E-state index contributed by atoms with van der Waals surface area (Å²) in [4.78, 5) is 21.5. The maximum Gasteiger partial charge on any atom is 0.230 e. The average Bonchev–Trinajstić information content (AvgIpc) is 2.84. The standard InChI is InChI=1S/C15H19N3O/c19-15(11-4-1-5-11)18-10-12-6-3-9-17(12)14-13(18)7-2-8-16-14/h2,7-8,11-12H,1,3-6,9-10H2. The number of rotatable bonds is 1. The van der Waals surface area contributed by atoms with E-state index >= 15 is 0 Å². The fraction of sp³-hybridized carbons (Fsp3) is 0.600. The second-order valence-corrected chi connectivity index (χ2v) is 5.91. The zero-order valence-electron chi connectivity index (χ0n) is 11.1. The summed E-state index contributed by atoms with van der Waals surface area (Å²) in [6, 6.07) is 4.47. The van der Waals surface area contributed by atoms with Crippen LogP contribution >= 0.6 is 0 Å². The van der Waals surface area contributed by atoms with E-state index in [9.17, 15) is 4.79 Å². The Balaban J connectivity index is 1.72. The number of amides is 1. The van der Waals surface area contributed by atoms with Crippen molar-refractivity contribution in [1.29, 1.82) is 0 Å². The highest BCUT2D eigenvalue weighted by atomic mass is 16.2. The van der Waals surface area contributed by atoms with Crippen LogP contribution in [0.5, 0.6) is 0 Å². The summed E-state index contributed by atoms with van der Waals surface area (Å²) >= 11 is 0. The first-order valence-corrected chi connectivity index (χ1v) is 7.37. The molecule has 0 aromatic carbocycles. The van der Waals surface area contributed by atoms with Gasteiger partial charge < -0.3 is 9.80 Å². The summed E-state index contributed by atoms with van der Waals surface area (Å²) in [5.74, 6) is 1.61. The summed E-state index contributed by atoms with van der Waals surface area (Å²) in [6.07, 6.45) is 7.58. The Morgan fingerprint density at radius 2 is 2.16 bits per heavy atom. The van der Waals surface area contributed by atoms with Gasteiger partial charge >= 0.3 is 0 Å². The second kappa shape index (κ2) is 4.22. The fourth-order valence-corrected chi connectivity index (χ4v) is 3.52. The van der Waals surface area contributed by atoms with E-state index in [4.69, 9.17) is 0 Å². The molecule has 1 amide bonds. The lowest BCUT2D eigenvalue weighted by Gasteiger charge is -2.41. The van der Waals surface area contributed by atoms with Crippen LogP contribution in [0.3, 0.4) is 0 Å². The van der Waals surface area contributed by atoms with Crippen molar-refractivity contribution in [2.24, 2.45) is 5.92 Å². The molecule has 1 aromatic rings. The highest BCUT2D eigenvalue weighted by molar-refractivity contribution is 5.99. The van der Waals surface area contributed by atoms with Gasteiger partial charge in [-0.2, -0.15) is 0 Å². The molecule has 4 rings (SSSR count). The molecular formula is C15H19N3O. The van der Waals surface area contributed by atoms with Crippen LogP contribution in [0, 0.1) is 5.92 Å². The number of nitrogens with zero attached hydrogens (tertiary/aromatic N) is 3. The van der Waals surface area contributed by atoms with Gasteiger partial charge in [0.25, 0.3) is 0 Å². The zero-order valence-corrected chi connectivity index (χ0v) is 11.1. The van der Waals surface area contributed by atoms with Gasteiger partial charge in [0.2, 0.25) is 5.91 Å². The third kappa shape index (κ3) is 1.66. The predicted octanol–water partition coefficient (Wildman–Crippen LogP) is 2.20. The van der Waals surface area contributed by atoms with Crippen LogP contribution in [-0.4, -0.2) is 30.0 Å². The molecule has 2 fully saturated rings. The average molecular weight is 257 g/mol. The van der Waals surface area contributed by atoms with Crippen molar-refractivity contribution >= 4 is 17.4 Å². The Morgan fingerprint density at radius 1 is 1.26 bits per heavy atom. The molecule has 0 bridgehead atoms. The van der Waals surface area contributed by atoms with Crippen LogP contribution in [0.4, 0.5) is 11.5 Å². The first-order valence-electron chi connectivity index (χ1n) is 7.37. The minimum absolute atomic E-state index is 0.265. The molecule has 1 aromatic heterocycles. The quantitative estimate of drug-likeness (QED) is 0.774. The first kappa shape index (κ1) is 11.3. The predicted molar refractivity (Wildman–Crippen MR) is 74.3 cm³/mol. The maximum absolute atomic E-state index is 12.6. The molecule has 0 radical (unpaired) electrons. The number of fused-ring (bicyclic) bond motifs is 3. The number of carbonyl (C=O) groups excluding carboxylic acids is 1. The second-order valence-electron chi connectivity index (χ2n) is 5.91. The van der Waals surface area contributed by atoms with Crippen LogP contribution in [0.25, 0.3) is 0 Å². The molecule has 2 aliphatic heterocycles. The molecule has 0 N–H and O–H groups in total. The van der Waals surface area contributed by atoms with Gasteiger partial charge in [-0.3, -0.25) is 4.79 Å². The monoisotopic (exact) mass is 257 g/mol. The minimum atomic E-state index is 0.265. The summed E-state index contributed by atoms with van der Waals surface area (Å²) in [6.45, 7) is 1.94. The third-order valence-corrected chi connectivity index (χ3v) is 4.82. The number of anilines is 2. The van der Waals surface area contributed by atoms with Gasteiger partial charge in [0.1, 0.15) is 0 Å². The first-order chi connectivity index (χ1) is 9.34. The Labute approximate surface area is 113 Å². The topological polar surface area (TPSA) is 36.4 Å². The Hall–Kier alpha value is -1.58. The highest BCUT2D eigenvalue weighted by Gasteiger charge is 2.39. The van der Waals surface area contributed by atoms with E-state index < -0.39 is 0 Å². The van der Waals surface area contributed by atoms with E-state index in [1.54, 1.807) is 0 Å². The van der Waals surface area contributed by atoms with E-state index in [1.165, 1.54) is 19.3 Å². The molecule has 1 unspecified atom stereocenters. The normalized spacial score (nSPS) is 25.8. The molecular weight excluding hydrogens is 238 g/mol. The lowest BCUT2D eigenvalue weighted by molar-refractivity contribution is -0.124. The van der Waals surface area contributed by atoms with Crippen molar-refractivity contribution in [2.45, 2.75) is 38.1 Å². The molecule has 100 valence electrons. The van der Waals surface area contributed by atoms with Gasteiger partial charge in [0, 0.05) is 31.2 Å². The lowest BCUT2D eigenvalue weighted by Crippen LogP contribution is -2.51. The van der Waals surface area contributed by atoms with Gasteiger partial charge in [-0.15, -0.1) is 0 Å². The third-order valence-electron chi connectivity index (χ3n) is 4.82. The SMILES string of the molecule is O=C(C1CCC1)N1CC2CCCN2c2ncccc21. The van der Waals surface area contributed by atoms with Gasteiger partial charge in [-0.05, 0) is 37.8 Å². The lowest BCUT2D eigenvalue weighted by atomic mass is 9.84. The zero-order chi connectivity index (χ0) is 12.8. The van der Waals surface area contributed by atoms with E-state index in [0.717, 1.165) is 37.4 Å². The van der Waals surface area contributed by atoms with Crippen molar-refractivity contribution in [3.05, 3.63) is 18.3 Å². The van der Waals surface area contributed by atoms with E-state index in [1.807, 2.05) is 23.2 Å². The molecule has 4 heteroatoms. The summed E-state index contributed by atoms with van der Waals surface area (Å²) in [5.41, 5.74) is 1.03. The van der Waals surface area contributed by atoms with Crippen LogP contribution in [0.2, 0.25) is 0 Å². The van der Waals surface area contributed by atoms with Gasteiger partial charge in [-0.1, -0.05) is 6.42 Å². The number of hydrogen-bond acceptors (Lipinski definition) is 3. The molecule has 1 aliphatic carbocycles. The van der Waals surface area contributed by atoms with Gasteiger partial charge in [0.05, 0.1) is 5.69 Å². The molecule has 1 atom stereocenters. The van der Waals surface area contributed by atoms with Crippen molar-refractivity contribution in [3.63, 3.8) is 0 Å². The number of aromatic nitrogens is 1. The molecule has 1 saturated carbocycles. The smallest absolute Gasteiger partial charge is 0.230 e. The largest absolute Gasteiger partial charge is 0.350 e. The van der Waals surface area contributed by atoms with E-state index in [-0.39, 0.29) is 5.92 Å². The number of hydrogen-bond donors (Lipinski definition) is 0. The highest BCUT2D eigenvalue weighted by Crippen LogP contribution is 2.39. The number of pyridine rings is 1. The van der Waals surface area contributed by atoms with Crippen LogP contribution in [-0.2, 0) is 4.79 Å². The van der Waals surface area contributed by atoms with Gasteiger partial charge in [0.15, 0.2) is 5.82 Å². The molecule has 0 spiro atoms. The fourth-order valence-electron chi connectivity index (χ4n) is 3.52. The molecule has 3 aliphatic rings. The molecule has 1 saturated heterocycles. The molecule has 19 heavy (non-hydrogen) atoms. The summed E-state index contributed by atoms with van der Waals surface area (Å²) in [5, 5.41) is 0. The van der Waals surface area contributed by atoms with Crippen molar-refractivity contribution < 1.29 is 4.79 Å². The molecule has 3 heterocycles. The number of carbonyl (C=O) groups is 1. The minimum Gasteiger partial charge on any atom is -0.350 e.